The number of nitrogens with one attached hydrogen (secondary N) is 4. The molecular formula is C27H34BF3N4O7. The van der Waals surface area contributed by atoms with Crippen LogP contribution in [0.15, 0.2) is 54.6 Å². The van der Waals surface area contributed by atoms with Crippen LogP contribution in [-0.2, 0) is 32.0 Å². The summed E-state index contributed by atoms with van der Waals surface area (Å²) in [6.07, 6.45) is -5.45. The first-order chi connectivity index (χ1) is 19.6. The second-order valence-electron chi connectivity index (χ2n) is 9.86. The molecule has 2 aromatic carbocycles. The van der Waals surface area contributed by atoms with Gasteiger partial charge in [-0.25, -0.2) is 0 Å². The lowest BCUT2D eigenvalue weighted by Crippen LogP contribution is -2.58. The molecule has 0 aliphatic rings. The van der Waals surface area contributed by atoms with E-state index in [1.807, 2.05) is 0 Å². The van der Waals surface area contributed by atoms with Gasteiger partial charge in [0.1, 0.15) is 23.9 Å². The van der Waals surface area contributed by atoms with Gasteiger partial charge in [-0.1, -0.05) is 56.3 Å². The predicted molar refractivity (Wildman–Crippen MR) is 146 cm³/mol. The Morgan fingerprint density at radius 3 is 2.00 bits per heavy atom. The van der Waals surface area contributed by atoms with E-state index < -0.39 is 73.3 Å². The molecule has 0 saturated carbocycles. The van der Waals surface area contributed by atoms with Gasteiger partial charge in [-0.2, -0.15) is 0 Å². The van der Waals surface area contributed by atoms with Gasteiger partial charge in [0.2, 0.25) is 23.6 Å². The highest BCUT2D eigenvalue weighted by molar-refractivity contribution is 6.41. The van der Waals surface area contributed by atoms with Gasteiger partial charge in [-0.15, -0.1) is 13.2 Å². The Morgan fingerprint density at radius 2 is 1.45 bits per heavy atom. The molecule has 11 nitrogen and oxygen atoms in total. The molecule has 0 saturated heterocycles. The summed E-state index contributed by atoms with van der Waals surface area (Å²) >= 11 is 0. The van der Waals surface area contributed by atoms with Crippen LogP contribution in [0, 0.1) is 5.92 Å². The molecule has 42 heavy (non-hydrogen) atoms. The van der Waals surface area contributed by atoms with E-state index in [1.165, 1.54) is 19.1 Å². The largest absolute Gasteiger partial charge is 0.573 e. The summed E-state index contributed by atoms with van der Waals surface area (Å²) in [6.45, 7) is 4.75. The first-order valence-corrected chi connectivity index (χ1v) is 13.1. The van der Waals surface area contributed by atoms with Crippen LogP contribution in [0.4, 0.5) is 13.2 Å². The molecule has 2 aromatic rings. The molecule has 0 aliphatic heterocycles. The number of benzene rings is 2. The molecule has 0 fully saturated rings. The fourth-order valence-electron chi connectivity index (χ4n) is 3.80. The lowest BCUT2D eigenvalue weighted by Gasteiger charge is -2.26. The maximum absolute atomic E-state index is 13.3. The molecule has 228 valence electrons. The normalized spacial score (nSPS) is 13.4. The Bertz CT molecular complexity index is 1200. The maximum atomic E-state index is 13.3. The van der Waals surface area contributed by atoms with E-state index >= 15 is 0 Å². The van der Waals surface area contributed by atoms with Gasteiger partial charge in [0, 0.05) is 6.42 Å². The second-order valence-corrected chi connectivity index (χ2v) is 9.86. The molecule has 3 atom stereocenters. The van der Waals surface area contributed by atoms with Crippen LogP contribution in [0.1, 0.15) is 31.9 Å². The van der Waals surface area contributed by atoms with E-state index in [-0.39, 0.29) is 12.8 Å². The fraction of sp³-hybridized carbons (Fsp3) is 0.407. The maximum Gasteiger partial charge on any atom is 0.573 e. The van der Waals surface area contributed by atoms with E-state index in [2.05, 4.69) is 26.0 Å². The van der Waals surface area contributed by atoms with Crippen molar-refractivity contribution in [3.05, 3.63) is 65.7 Å². The summed E-state index contributed by atoms with van der Waals surface area (Å²) in [6, 6.07) is 10.2. The molecule has 15 heteroatoms. The van der Waals surface area contributed by atoms with Crippen LogP contribution in [0.5, 0.6) is 5.75 Å². The van der Waals surface area contributed by atoms with E-state index in [4.69, 9.17) is 10.0 Å². The average molecular weight is 594 g/mol. The first-order valence-electron chi connectivity index (χ1n) is 13.1. The number of halogens is 3. The van der Waals surface area contributed by atoms with Gasteiger partial charge >= 0.3 is 13.5 Å². The van der Waals surface area contributed by atoms with Crippen LogP contribution in [-0.4, -0.2) is 71.7 Å². The number of ether oxygens (including phenoxy) is 1. The highest BCUT2D eigenvalue weighted by Crippen LogP contribution is 2.22. The van der Waals surface area contributed by atoms with Crippen molar-refractivity contribution in [1.82, 2.24) is 21.3 Å². The molecular weight excluding hydrogens is 560 g/mol. The molecule has 0 aliphatic carbocycles. The Hall–Kier alpha value is -4.11. The van der Waals surface area contributed by atoms with Gasteiger partial charge in [0.05, 0.1) is 12.9 Å². The zero-order valence-electron chi connectivity index (χ0n) is 23.3. The monoisotopic (exact) mass is 594 g/mol. The van der Waals surface area contributed by atoms with E-state index in [0.29, 0.717) is 11.1 Å². The van der Waals surface area contributed by atoms with Gasteiger partial charge in [-0.05, 0) is 36.1 Å². The standard InChI is InChI=1S/C27H34BF3N4O7/c1-16(2)23(35-22(36)14-19-9-11-20(12-10-19)42-27(29,30)31)26(39)34-21(13-18-7-5-4-6-8-18)25(38)33-17(3)24(37)32-15-28(40)41/h4-12,16-17,21,23,40-41H,13-15H2,1-3H3,(H,32,37)(H,33,38)(H,34,39)(H,35,36)/t17-,21?,23?/m0/s1. The molecule has 2 rings (SSSR count). The minimum absolute atomic E-state index is 0.0627. The lowest BCUT2D eigenvalue weighted by atomic mass is 9.92. The average Bonchev–Trinajstić information content (AvgIpc) is 2.90. The van der Waals surface area contributed by atoms with Crippen LogP contribution in [0.25, 0.3) is 0 Å². The van der Waals surface area contributed by atoms with Crippen molar-refractivity contribution >= 4 is 30.7 Å². The zero-order valence-corrected chi connectivity index (χ0v) is 23.3. The van der Waals surface area contributed by atoms with Gasteiger partial charge in [-0.3, -0.25) is 19.2 Å². The summed E-state index contributed by atoms with van der Waals surface area (Å²) in [5.41, 5.74) is 1.09. The van der Waals surface area contributed by atoms with Crippen molar-refractivity contribution in [2.24, 2.45) is 5.92 Å². The molecule has 0 heterocycles. The smallest absolute Gasteiger partial charge is 0.426 e. The second kappa shape index (κ2) is 15.8. The molecule has 0 radical (unpaired) electrons. The zero-order chi connectivity index (χ0) is 31.4. The number of hydrogen-bond acceptors (Lipinski definition) is 7. The van der Waals surface area contributed by atoms with Crippen molar-refractivity contribution < 1.29 is 47.1 Å². The third-order valence-corrected chi connectivity index (χ3v) is 5.91. The summed E-state index contributed by atoms with van der Waals surface area (Å²) in [7, 11) is -1.77. The van der Waals surface area contributed by atoms with E-state index in [9.17, 15) is 32.3 Å². The van der Waals surface area contributed by atoms with Crippen LogP contribution in [0.2, 0.25) is 0 Å². The lowest BCUT2D eigenvalue weighted by molar-refractivity contribution is -0.274. The van der Waals surface area contributed by atoms with E-state index in [1.54, 1.807) is 44.2 Å². The van der Waals surface area contributed by atoms with Crippen molar-refractivity contribution in [2.45, 2.75) is 58.1 Å². The van der Waals surface area contributed by atoms with Crippen molar-refractivity contribution in [3.63, 3.8) is 0 Å². The van der Waals surface area contributed by atoms with Crippen molar-refractivity contribution in [2.75, 3.05) is 6.44 Å². The topological polar surface area (TPSA) is 166 Å². The number of amides is 4. The number of carbonyl (C=O) groups is 4. The summed E-state index contributed by atoms with van der Waals surface area (Å²) < 4.78 is 41.0. The Balaban J connectivity index is 2.10. The SMILES string of the molecule is CC(C)C(NC(=O)Cc1ccc(OC(F)(F)F)cc1)C(=O)NC(Cc1ccccc1)C(=O)N[C@@H](C)C(=O)NCB(O)O. The molecule has 2 unspecified atom stereocenters. The Labute approximate surface area is 241 Å². The third kappa shape index (κ3) is 12.2. The Kier molecular flexibility index (Phi) is 12.8. The molecule has 0 bridgehead atoms. The van der Waals surface area contributed by atoms with Crippen LogP contribution < -0.4 is 26.0 Å². The third-order valence-electron chi connectivity index (χ3n) is 5.91. The molecule has 4 amide bonds. The number of alkyl halides is 3. The van der Waals surface area contributed by atoms with Crippen LogP contribution in [0.3, 0.4) is 0 Å². The van der Waals surface area contributed by atoms with Crippen LogP contribution >= 0.6 is 0 Å². The van der Waals surface area contributed by atoms with Crippen molar-refractivity contribution in [3.8, 4) is 5.75 Å². The van der Waals surface area contributed by atoms with Gasteiger partial charge < -0.3 is 36.1 Å². The molecule has 0 spiro atoms. The number of rotatable bonds is 14. The fourth-order valence-corrected chi connectivity index (χ4v) is 3.80. The summed E-state index contributed by atoms with van der Waals surface area (Å²) in [5, 5.41) is 27.9. The highest BCUT2D eigenvalue weighted by Gasteiger charge is 2.32. The minimum atomic E-state index is -4.85. The van der Waals surface area contributed by atoms with Gasteiger partial charge in [0.25, 0.3) is 0 Å². The van der Waals surface area contributed by atoms with Gasteiger partial charge in [0.15, 0.2) is 0 Å². The minimum Gasteiger partial charge on any atom is -0.426 e. The predicted octanol–water partition coefficient (Wildman–Crippen LogP) is 0.629. The molecule has 0 aromatic heterocycles. The Morgan fingerprint density at radius 1 is 0.833 bits per heavy atom. The first kappa shape index (κ1) is 34.1. The highest BCUT2D eigenvalue weighted by atomic mass is 19.4. The number of hydrogen-bond donors (Lipinski definition) is 6. The summed E-state index contributed by atoms with van der Waals surface area (Å²) in [4.78, 5) is 51.3. The molecule has 6 N–H and O–H groups in total. The number of carbonyl (C=O) groups excluding carboxylic acids is 4. The van der Waals surface area contributed by atoms with E-state index in [0.717, 1.165) is 12.1 Å². The summed E-state index contributed by atoms with van der Waals surface area (Å²) in [5.74, 6) is -3.45. The quantitative estimate of drug-likeness (QED) is 0.175. The van der Waals surface area contributed by atoms with Crippen molar-refractivity contribution in [1.29, 1.82) is 0 Å².